The number of non-ortho nitro benzene ring substituents is 1. The number of nitrogens with one attached hydrogen (secondary N) is 1. The fraction of sp³-hybridized carbons (Fsp3) is 0.419. The average Bonchev–Trinajstić information content (AvgIpc) is 2.94. The third-order valence-corrected chi connectivity index (χ3v) is 7.03. The summed E-state index contributed by atoms with van der Waals surface area (Å²) >= 11 is 0. The number of carbonyl (C=O) groups is 2. The van der Waals surface area contributed by atoms with Gasteiger partial charge in [0.25, 0.3) is 5.69 Å². The Labute approximate surface area is 241 Å². The van der Waals surface area contributed by atoms with Crippen LogP contribution in [0.25, 0.3) is 0 Å². The molecule has 1 unspecified atom stereocenters. The van der Waals surface area contributed by atoms with Crippen molar-refractivity contribution in [3.05, 3.63) is 92.3 Å². The van der Waals surface area contributed by atoms with E-state index >= 15 is 0 Å². The molecule has 0 saturated carbocycles. The highest BCUT2D eigenvalue weighted by molar-refractivity contribution is 5.99. The van der Waals surface area contributed by atoms with Gasteiger partial charge in [0.2, 0.25) is 0 Å². The van der Waals surface area contributed by atoms with E-state index in [1.807, 2.05) is 45.2 Å². The van der Waals surface area contributed by atoms with E-state index in [4.69, 9.17) is 14.2 Å². The highest BCUT2D eigenvalue weighted by Gasteiger charge is 2.39. The predicted octanol–water partition coefficient (Wildman–Crippen LogP) is 4.76. The van der Waals surface area contributed by atoms with Crippen molar-refractivity contribution in [3.8, 4) is 5.75 Å². The van der Waals surface area contributed by atoms with Crippen LogP contribution in [0.3, 0.4) is 0 Å². The summed E-state index contributed by atoms with van der Waals surface area (Å²) in [5.41, 5.74) is 2.51. The molecule has 220 valence electrons. The van der Waals surface area contributed by atoms with Gasteiger partial charge in [-0.2, -0.15) is 0 Å². The van der Waals surface area contributed by atoms with Crippen molar-refractivity contribution in [1.82, 2.24) is 10.2 Å². The SMILES string of the molecule is COC(=O)C1=C(C)NC(C)=C(C(=O)OCC(C)(C)CN(C)CCc2ccc(OC)cc2)C1c1cccc([N+](=O)[O-])c1. The van der Waals surface area contributed by atoms with Crippen LogP contribution in [0.4, 0.5) is 5.69 Å². The Balaban J connectivity index is 1.76. The molecule has 1 atom stereocenters. The topological polar surface area (TPSA) is 120 Å². The Bertz CT molecular complexity index is 1350. The van der Waals surface area contributed by atoms with Gasteiger partial charge >= 0.3 is 11.9 Å². The number of likely N-dealkylation sites (N-methyl/N-ethyl adjacent to an activating group) is 1. The van der Waals surface area contributed by atoms with Gasteiger partial charge in [0, 0.05) is 42.0 Å². The molecule has 2 aromatic rings. The molecular formula is C31H39N3O7. The second-order valence-electron chi connectivity index (χ2n) is 11.1. The van der Waals surface area contributed by atoms with Crippen molar-refractivity contribution in [3.63, 3.8) is 0 Å². The Morgan fingerprint density at radius 3 is 2.24 bits per heavy atom. The van der Waals surface area contributed by atoms with Crippen LogP contribution in [-0.4, -0.2) is 62.7 Å². The number of nitro benzene ring substituents is 1. The van der Waals surface area contributed by atoms with Crippen LogP contribution in [0.2, 0.25) is 0 Å². The molecule has 1 heterocycles. The van der Waals surface area contributed by atoms with Crippen LogP contribution >= 0.6 is 0 Å². The Morgan fingerprint density at radius 2 is 1.66 bits per heavy atom. The monoisotopic (exact) mass is 565 g/mol. The Hall–Kier alpha value is -4.18. The molecule has 0 saturated heterocycles. The van der Waals surface area contributed by atoms with E-state index in [0.717, 1.165) is 18.7 Å². The van der Waals surface area contributed by atoms with Gasteiger partial charge in [-0.1, -0.05) is 38.1 Å². The minimum absolute atomic E-state index is 0.132. The Kier molecular flexibility index (Phi) is 10.3. The predicted molar refractivity (Wildman–Crippen MR) is 155 cm³/mol. The largest absolute Gasteiger partial charge is 0.497 e. The van der Waals surface area contributed by atoms with Crippen molar-refractivity contribution in [2.24, 2.45) is 5.41 Å². The number of carbonyl (C=O) groups excluding carboxylic acids is 2. The van der Waals surface area contributed by atoms with Gasteiger partial charge < -0.3 is 24.4 Å². The number of esters is 2. The van der Waals surface area contributed by atoms with Gasteiger partial charge in [-0.05, 0) is 50.6 Å². The maximum Gasteiger partial charge on any atom is 0.336 e. The van der Waals surface area contributed by atoms with Gasteiger partial charge in [-0.15, -0.1) is 0 Å². The zero-order valence-corrected chi connectivity index (χ0v) is 24.8. The number of nitro groups is 1. The lowest BCUT2D eigenvalue weighted by molar-refractivity contribution is -0.384. The molecule has 10 heteroatoms. The fourth-order valence-electron chi connectivity index (χ4n) is 5.10. The molecule has 0 aromatic heterocycles. The van der Waals surface area contributed by atoms with Gasteiger partial charge in [-0.3, -0.25) is 10.1 Å². The van der Waals surface area contributed by atoms with E-state index in [-0.39, 0.29) is 28.9 Å². The van der Waals surface area contributed by atoms with Gasteiger partial charge in [0.05, 0.1) is 42.8 Å². The number of methoxy groups -OCH3 is 2. The first kappa shape index (κ1) is 31.3. The third kappa shape index (κ3) is 7.94. The number of hydrogen-bond acceptors (Lipinski definition) is 9. The molecular weight excluding hydrogens is 526 g/mol. The minimum Gasteiger partial charge on any atom is -0.497 e. The first-order valence-corrected chi connectivity index (χ1v) is 13.4. The van der Waals surface area contributed by atoms with Crippen LogP contribution in [0.1, 0.15) is 44.7 Å². The van der Waals surface area contributed by atoms with Gasteiger partial charge in [-0.25, -0.2) is 9.59 Å². The summed E-state index contributed by atoms with van der Waals surface area (Å²) in [6.45, 7) is 9.09. The van der Waals surface area contributed by atoms with Crippen molar-refractivity contribution < 1.29 is 28.7 Å². The highest BCUT2D eigenvalue weighted by Crippen LogP contribution is 2.40. The summed E-state index contributed by atoms with van der Waals surface area (Å²) in [4.78, 5) is 39.6. The molecule has 0 fully saturated rings. The second-order valence-corrected chi connectivity index (χ2v) is 11.1. The van der Waals surface area contributed by atoms with Crippen molar-refractivity contribution in [2.75, 3.05) is 41.0 Å². The first-order chi connectivity index (χ1) is 19.4. The molecule has 0 amide bonds. The quantitative estimate of drug-likeness (QED) is 0.221. The molecule has 41 heavy (non-hydrogen) atoms. The molecule has 3 rings (SSSR count). The number of dihydropyridines is 1. The summed E-state index contributed by atoms with van der Waals surface area (Å²) in [6, 6.07) is 13.9. The maximum absolute atomic E-state index is 13.6. The van der Waals surface area contributed by atoms with Crippen molar-refractivity contribution in [1.29, 1.82) is 0 Å². The number of benzene rings is 2. The maximum atomic E-state index is 13.6. The molecule has 10 nitrogen and oxygen atoms in total. The molecule has 1 aliphatic heterocycles. The van der Waals surface area contributed by atoms with Crippen LogP contribution in [-0.2, 0) is 25.5 Å². The molecule has 1 N–H and O–H groups in total. The average molecular weight is 566 g/mol. The molecule has 0 bridgehead atoms. The number of nitrogens with zero attached hydrogens (tertiary/aromatic N) is 2. The molecule has 0 radical (unpaired) electrons. The van der Waals surface area contributed by atoms with Crippen LogP contribution in [0.5, 0.6) is 5.75 Å². The summed E-state index contributed by atoms with van der Waals surface area (Å²) in [5.74, 6) is -1.32. The van der Waals surface area contributed by atoms with Gasteiger partial charge in [0.1, 0.15) is 5.75 Å². The van der Waals surface area contributed by atoms with E-state index in [2.05, 4.69) is 10.2 Å². The molecule has 0 aliphatic carbocycles. The summed E-state index contributed by atoms with van der Waals surface area (Å²) in [7, 11) is 4.92. The lowest BCUT2D eigenvalue weighted by atomic mass is 9.80. The second kappa shape index (κ2) is 13.5. The van der Waals surface area contributed by atoms with E-state index in [0.29, 0.717) is 23.5 Å². The highest BCUT2D eigenvalue weighted by atomic mass is 16.6. The summed E-state index contributed by atoms with van der Waals surface area (Å²) in [5, 5.41) is 14.6. The van der Waals surface area contributed by atoms with E-state index in [9.17, 15) is 19.7 Å². The van der Waals surface area contributed by atoms with E-state index in [1.165, 1.54) is 30.9 Å². The molecule has 2 aromatic carbocycles. The Morgan fingerprint density at radius 1 is 1.02 bits per heavy atom. The smallest absolute Gasteiger partial charge is 0.336 e. The zero-order valence-electron chi connectivity index (χ0n) is 24.8. The van der Waals surface area contributed by atoms with Crippen LogP contribution in [0, 0.1) is 15.5 Å². The van der Waals surface area contributed by atoms with Crippen molar-refractivity contribution >= 4 is 17.6 Å². The number of ether oxygens (including phenoxy) is 3. The summed E-state index contributed by atoms with van der Waals surface area (Å²) in [6.07, 6.45) is 0.862. The zero-order chi connectivity index (χ0) is 30.3. The lowest BCUT2D eigenvalue weighted by Crippen LogP contribution is -2.37. The number of hydrogen-bond donors (Lipinski definition) is 1. The van der Waals surface area contributed by atoms with E-state index in [1.54, 1.807) is 27.0 Å². The normalized spacial score (nSPS) is 15.5. The van der Waals surface area contributed by atoms with Crippen LogP contribution < -0.4 is 10.1 Å². The standard InChI is InChI=1S/C31H39N3O7/c1-20-26(29(35)40-7)28(23-9-8-10-24(17-23)34(37)38)27(21(2)32-20)30(36)41-19-31(3,4)18-33(5)16-15-22-11-13-25(39-6)14-12-22/h8-14,17,28,32H,15-16,18-19H2,1-7H3. The lowest BCUT2D eigenvalue weighted by Gasteiger charge is -2.32. The summed E-state index contributed by atoms with van der Waals surface area (Å²) < 4.78 is 16.1. The minimum atomic E-state index is -0.897. The first-order valence-electron chi connectivity index (χ1n) is 13.4. The van der Waals surface area contributed by atoms with Crippen molar-refractivity contribution in [2.45, 2.75) is 40.0 Å². The fourth-order valence-corrected chi connectivity index (χ4v) is 5.10. The molecule has 0 spiro atoms. The number of allylic oxidation sites excluding steroid dienone is 2. The number of rotatable bonds is 12. The van der Waals surface area contributed by atoms with Crippen LogP contribution in [0.15, 0.2) is 71.1 Å². The third-order valence-electron chi connectivity index (χ3n) is 7.03. The van der Waals surface area contributed by atoms with E-state index < -0.39 is 22.8 Å². The molecule has 1 aliphatic rings. The van der Waals surface area contributed by atoms with Gasteiger partial charge in [0.15, 0.2) is 0 Å².